The van der Waals surface area contributed by atoms with E-state index in [2.05, 4.69) is 20.4 Å². The van der Waals surface area contributed by atoms with Gasteiger partial charge in [-0.05, 0) is 0 Å². The standard InChI is InChI=1S/C10H12N4O4/c1-5-11-13-8(17-5)3-7(10(15)16)4-9-14-12-6(2)18-9/h7H,3-4H2,1-2H3,(H,15,16). The molecule has 8 nitrogen and oxygen atoms in total. The van der Waals surface area contributed by atoms with Gasteiger partial charge in [-0.1, -0.05) is 0 Å². The Balaban J connectivity index is 2.06. The maximum Gasteiger partial charge on any atom is 0.307 e. The first-order valence-corrected chi connectivity index (χ1v) is 5.35. The van der Waals surface area contributed by atoms with Gasteiger partial charge in [0.25, 0.3) is 0 Å². The first-order valence-electron chi connectivity index (χ1n) is 5.35. The second kappa shape index (κ2) is 4.94. The molecule has 0 aliphatic carbocycles. The smallest absolute Gasteiger partial charge is 0.307 e. The highest BCUT2D eigenvalue weighted by atomic mass is 16.4. The van der Waals surface area contributed by atoms with Crippen LogP contribution >= 0.6 is 0 Å². The number of carbonyl (C=O) groups is 1. The number of carboxylic acid groups (broad SMARTS) is 1. The van der Waals surface area contributed by atoms with Crippen LogP contribution in [0.5, 0.6) is 0 Å². The molecule has 0 aromatic carbocycles. The van der Waals surface area contributed by atoms with Crippen molar-refractivity contribution in [2.24, 2.45) is 5.92 Å². The van der Waals surface area contributed by atoms with Crippen molar-refractivity contribution in [1.29, 1.82) is 0 Å². The van der Waals surface area contributed by atoms with Gasteiger partial charge in [0.05, 0.1) is 5.92 Å². The van der Waals surface area contributed by atoms with E-state index < -0.39 is 11.9 Å². The Morgan fingerprint density at radius 3 is 1.78 bits per heavy atom. The van der Waals surface area contributed by atoms with Crippen molar-refractivity contribution in [3.05, 3.63) is 23.6 Å². The van der Waals surface area contributed by atoms with E-state index in [1.807, 2.05) is 0 Å². The maximum atomic E-state index is 11.1. The van der Waals surface area contributed by atoms with E-state index >= 15 is 0 Å². The molecule has 2 heterocycles. The highest BCUT2D eigenvalue weighted by molar-refractivity contribution is 5.70. The fourth-order valence-electron chi connectivity index (χ4n) is 1.51. The van der Waals surface area contributed by atoms with Crippen molar-refractivity contribution in [2.75, 3.05) is 0 Å². The van der Waals surface area contributed by atoms with Gasteiger partial charge in [-0.25, -0.2) is 0 Å². The van der Waals surface area contributed by atoms with Crippen molar-refractivity contribution >= 4 is 5.97 Å². The fraction of sp³-hybridized carbons (Fsp3) is 0.500. The summed E-state index contributed by atoms with van der Waals surface area (Å²) in [5.41, 5.74) is 0. The first kappa shape index (κ1) is 12.2. The minimum atomic E-state index is -0.971. The quantitative estimate of drug-likeness (QED) is 0.820. The average molecular weight is 252 g/mol. The summed E-state index contributed by atoms with van der Waals surface area (Å²) in [4.78, 5) is 11.1. The highest BCUT2D eigenvalue weighted by Gasteiger charge is 2.24. The highest BCUT2D eigenvalue weighted by Crippen LogP contribution is 2.14. The molecule has 0 aliphatic rings. The molecule has 0 amide bonds. The van der Waals surface area contributed by atoms with Gasteiger partial charge in [0.15, 0.2) is 0 Å². The lowest BCUT2D eigenvalue weighted by Crippen LogP contribution is -2.19. The number of nitrogens with zero attached hydrogens (tertiary/aromatic N) is 4. The summed E-state index contributed by atoms with van der Waals surface area (Å²) in [6.45, 7) is 3.29. The van der Waals surface area contributed by atoms with Crippen molar-refractivity contribution in [3.8, 4) is 0 Å². The molecule has 0 unspecified atom stereocenters. The molecular formula is C10H12N4O4. The van der Waals surface area contributed by atoms with E-state index in [1.165, 1.54) is 0 Å². The second-order valence-corrected chi connectivity index (χ2v) is 3.87. The van der Waals surface area contributed by atoms with Crippen molar-refractivity contribution in [1.82, 2.24) is 20.4 Å². The van der Waals surface area contributed by atoms with Gasteiger partial charge in [0.2, 0.25) is 23.6 Å². The van der Waals surface area contributed by atoms with Gasteiger partial charge >= 0.3 is 5.97 Å². The number of hydrogen-bond acceptors (Lipinski definition) is 7. The molecular weight excluding hydrogens is 240 g/mol. The lowest BCUT2D eigenvalue weighted by Gasteiger charge is -2.06. The Morgan fingerprint density at radius 1 is 1.06 bits per heavy atom. The summed E-state index contributed by atoms with van der Waals surface area (Å²) < 4.78 is 10.3. The normalized spacial score (nSPS) is 11.1. The molecule has 2 aromatic heterocycles. The number of hydrogen-bond donors (Lipinski definition) is 1. The largest absolute Gasteiger partial charge is 0.481 e. The summed E-state index contributed by atoms with van der Waals surface area (Å²) in [5.74, 6) is -0.316. The van der Waals surface area contributed by atoms with E-state index in [-0.39, 0.29) is 24.6 Å². The molecule has 8 heteroatoms. The number of aromatic nitrogens is 4. The second-order valence-electron chi connectivity index (χ2n) is 3.87. The van der Waals surface area contributed by atoms with Crippen LogP contribution < -0.4 is 0 Å². The van der Waals surface area contributed by atoms with E-state index in [9.17, 15) is 4.79 Å². The molecule has 1 N–H and O–H groups in total. The average Bonchev–Trinajstić information content (AvgIpc) is 2.87. The summed E-state index contributed by atoms with van der Waals surface area (Å²) >= 11 is 0. The minimum Gasteiger partial charge on any atom is -0.481 e. The van der Waals surface area contributed by atoms with Crippen LogP contribution in [0.1, 0.15) is 23.6 Å². The van der Waals surface area contributed by atoms with Gasteiger partial charge in [-0.2, -0.15) is 0 Å². The first-order chi connectivity index (χ1) is 8.54. The molecule has 0 saturated heterocycles. The van der Waals surface area contributed by atoms with Crippen LogP contribution in [-0.4, -0.2) is 31.5 Å². The molecule has 96 valence electrons. The van der Waals surface area contributed by atoms with Crippen LogP contribution in [0.2, 0.25) is 0 Å². The number of aliphatic carboxylic acids is 1. The molecule has 0 aliphatic heterocycles. The summed E-state index contributed by atoms with van der Waals surface area (Å²) in [5, 5.41) is 24.0. The Hall–Kier alpha value is -2.25. The molecule has 0 saturated carbocycles. The van der Waals surface area contributed by atoms with Crippen LogP contribution in [0.25, 0.3) is 0 Å². The van der Waals surface area contributed by atoms with Gasteiger partial charge in [0.1, 0.15) is 0 Å². The Bertz CT molecular complexity index is 505. The number of rotatable bonds is 5. The number of aryl methyl sites for hydroxylation is 2. The molecule has 0 bridgehead atoms. The Kier molecular flexibility index (Phi) is 3.35. The van der Waals surface area contributed by atoms with Crippen LogP contribution in [0.4, 0.5) is 0 Å². The SMILES string of the molecule is Cc1nnc(CC(Cc2nnc(C)o2)C(=O)O)o1. The minimum absolute atomic E-state index is 0.137. The summed E-state index contributed by atoms with van der Waals surface area (Å²) in [6, 6.07) is 0. The third kappa shape index (κ3) is 2.90. The monoisotopic (exact) mass is 252 g/mol. The lowest BCUT2D eigenvalue weighted by atomic mass is 10.0. The number of carboxylic acids is 1. The topological polar surface area (TPSA) is 115 Å². The Labute approximate surface area is 102 Å². The van der Waals surface area contributed by atoms with E-state index in [4.69, 9.17) is 13.9 Å². The van der Waals surface area contributed by atoms with Gasteiger partial charge in [-0.3, -0.25) is 4.79 Å². The van der Waals surface area contributed by atoms with Crippen LogP contribution in [0, 0.1) is 19.8 Å². The van der Waals surface area contributed by atoms with Gasteiger partial charge < -0.3 is 13.9 Å². The molecule has 0 radical (unpaired) electrons. The fourth-order valence-corrected chi connectivity index (χ4v) is 1.51. The lowest BCUT2D eigenvalue weighted by molar-refractivity contribution is -0.142. The van der Waals surface area contributed by atoms with Crippen LogP contribution in [-0.2, 0) is 17.6 Å². The van der Waals surface area contributed by atoms with Crippen LogP contribution in [0.15, 0.2) is 8.83 Å². The van der Waals surface area contributed by atoms with Crippen molar-refractivity contribution in [2.45, 2.75) is 26.7 Å². The molecule has 0 fully saturated rings. The molecule has 18 heavy (non-hydrogen) atoms. The predicted octanol–water partition coefficient (Wildman–Crippen LogP) is 0.555. The zero-order chi connectivity index (χ0) is 13.1. The predicted molar refractivity (Wildman–Crippen MR) is 56.6 cm³/mol. The molecule has 2 rings (SSSR count). The molecule has 0 atom stereocenters. The third-order valence-electron chi connectivity index (χ3n) is 2.33. The zero-order valence-corrected chi connectivity index (χ0v) is 9.95. The van der Waals surface area contributed by atoms with E-state index in [0.29, 0.717) is 11.8 Å². The summed E-state index contributed by atoms with van der Waals surface area (Å²) in [6.07, 6.45) is 0.273. The van der Waals surface area contributed by atoms with Gasteiger partial charge in [0, 0.05) is 26.7 Å². The van der Waals surface area contributed by atoms with E-state index in [1.54, 1.807) is 13.8 Å². The van der Waals surface area contributed by atoms with Crippen molar-refractivity contribution < 1.29 is 18.7 Å². The van der Waals surface area contributed by atoms with Crippen LogP contribution in [0.3, 0.4) is 0 Å². The van der Waals surface area contributed by atoms with Gasteiger partial charge in [-0.15, -0.1) is 20.4 Å². The third-order valence-corrected chi connectivity index (χ3v) is 2.33. The molecule has 0 spiro atoms. The van der Waals surface area contributed by atoms with E-state index in [0.717, 1.165) is 0 Å². The maximum absolute atomic E-state index is 11.1. The zero-order valence-electron chi connectivity index (χ0n) is 9.95. The molecule has 2 aromatic rings. The summed E-state index contributed by atoms with van der Waals surface area (Å²) in [7, 11) is 0. The Morgan fingerprint density at radius 2 is 1.50 bits per heavy atom. The van der Waals surface area contributed by atoms with Crippen molar-refractivity contribution in [3.63, 3.8) is 0 Å².